The molecule has 108 valence electrons. The lowest BCUT2D eigenvalue weighted by Crippen LogP contribution is -2.05. The van der Waals surface area contributed by atoms with Gasteiger partial charge in [-0.3, -0.25) is 0 Å². The lowest BCUT2D eigenvalue weighted by atomic mass is 10.1. The molecule has 2 rings (SSSR count). The highest BCUT2D eigenvalue weighted by atomic mass is 19.4. The maximum Gasteiger partial charge on any atom is 0.416 e. The summed E-state index contributed by atoms with van der Waals surface area (Å²) in [5, 5.41) is 8.85. The molecule has 0 atom stereocenters. The van der Waals surface area contributed by atoms with Crippen LogP contribution in [0.2, 0.25) is 0 Å². The van der Waals surface area contributed by atoms with Gasteiger partial charge >= 0.3 is 6.18 Å². The maximum atomic E-state index is 13.4. The van der Waals surface area contributed by atoms with Crippen molar-refractivity contribution in [3.63, 3.8) is 0 Å². The number of benzene rings is 2. The fourth-order valence-electron chi connectivity index (χ4n) is 1.56. The number of nitriles is 1. The summed E-state index contributed by atoms with van der Waals surface area (Å²) in [5.74, 6) is -2.50. The molecule has 21 heavy (non-hydrogen) atoms. The monoisotopic (exact) mass is 299 g/mol. The molecule has 0 aromatic heterocycles. The van der Waals surface area contributed by atoms with Gasteiger partial charge in [0.05, 0.1) is 11.1 Å². The largest absolute Gasteiger partial charge is 0.453 e. The van der Waals surface area contributed by atoms with Crippen LogP contribution in [0.4, 0.5) is 22.0 Å². The summed E-state index contributed by atoms with van der Waals surface area (Å²) in [6.07, 6.45) is -4.61. The van der Waals surface area contributed by atoms with Crippen molar-refractivity contribution in [3.05, 3.63) is 59.2 Å². The lowest BCUT2D eigenvalue weighted by molar-refractivity contribution is -0.137. The van der Waals surface area contributed by atoms with E-state index in [0.717, 1.165) is 18.2 Å². The normalized spacial score (nSPS) is 11.0. The molecular weight excluding hydrogens is 293 g/mol. The predicted octanol–water partition coefficient (Wildman–Crippen LogP) is 4.65. The SMILES string of the molecule is N#Cc1cc(C(F)(F)F)ccc1Oc1ccc(F)cc1F. The Balaban J connectivity index is 2.39. The molecule has 0 aliphatic rings. The van der Waals surface area contributed by atoms with Crippen LogP contribution in [-0.4, -0.2) is 0 Å². The highest BCUT2D eigenvalue weighted by molar-refractivity contribution is 5.48. The Bertz CT molecular complexity index is 718. The van der Waals surface area contributed by atoms with E-state index < -0.39 is 34.7 Å². The molecule has 0 aliphatic carbocycles. The average molecular weight is 299 g/mol. The zero-order valence-electron chi connectivity index (χ0n) is 10.2. The Kier molecular flexibility index (Phi) is 3.80. The summed E-state index contributed by atoms with van der Waals surface area (Å²) in [7, 11) is 0. The molecule has 0 heterocycles. The quantitative estimate of drug-likeness (QED) is 0.756. The third-order valence-corrected chi connectivity index (χ3v) is 2.54. The minimum absolute atomic E-state index is 0.254. The molecule has 0 spiro atoms. The van der Waals surface area contributed by atoms with E-state index in [0.29, 0.717) is 18.2 Å². The Morgan fingerprint density at radius 2 is 1.62 bits per heavy atom. The molecule has 0 amide bonds. The molecule has 0 fully saturated rings. The molecule has 0 bridgehead atoms. The van der Waals surface area contributed by atoms with Gasteiger partial charge in [-0.1, -0.05) is 0 Å². The van der Waals surface area contributed by atoms with Crippen LogP contribution in [0, 0.1) is 23.0 Å². The van der Waals surface area contributed by atoms with Crippen molar-refractivity contribution in [3.8, 4) is 17.6 Å². The van der Waals surface area contributed by atoms with Gasteiger partial charge in [0.15, 0.2) is 11.6 Å². The summed E-state index contributed by atoms with van der Waals surface area (Å²) in [6.45, 7) is 0. The summed E-state index contributed by atoms with van der Waals surface area (Å²) in [6, 6.07) is 6.21. The maximum absolute atomic E-state index is 13.4. The van der Waals surface area contributed by atoms with Gasteiger partial charge in [-0.2, -0.15) is 18.4 Å². The van der Waals surface area contributed by atoms with Crippen LogP contribution < -0.4 is 4.74 Å². The second kappa shape index (κ2) is 5.40. The van der Waals surface area contributed by atoms with Crippen molar-refractivity contribution in [2.24, 2.45) is 0 Å². The van der Waals surface area contributed by atoms with Crippen molar-refractivity contribution in [2.75, 3.05) is 0 Å². The summed E-state index contributed by atoms with van der Waals surface area (Å²) in [5.41, 5.74) is -1.43. The molecule has 0 unspecified atom stereocenters. The molecule has 0 saturated heterocycles. The van der Waals surface area contributed by atoms with Crippen LogP contribution in [0.5, 0.6) is 11.5 Å². The highest BCUT2D eigenvalue weighted by Gasteiger charge is 2.31. The molecule has 0 saturated carbocycles. The third-order valence-electron chi connectivity index (χ3n) is 2.54. The molecule has 2 aromatic carbocycles. The van der Waals surface area contributed by atoms with Gasteiger partial charge in [-0.15, -0.1) is 0 Å². The molecule has 7 heteroatoms. The second-order valence-electron chi connectivity index (χ2n) is 4.00. The van der Waals surface area contributed by atoms with Crippen molar-refractivity contribution >= 4 is 0 Å². The van der Waals surface area contributed by atoms with E-state index in [4.69, 9.17) is 10.00 Å². The Morgan fingerprint density at radius 3 is 2.19 bits per heavy atom. The van der Waals surface area contributed by atoms with Crippen LogP contribution in [0.1, 0.15) is 11.1 Å². The zero-order valence-corrected chi connectivity index (χ0v) is 10.2. The van der Waals surface area contributed by atoms with Crippen LogP contribution in [0.25, 0.3) is 0 Å². The first-order valence-corrected chi connectivity index (χ1v) is 5.55. The van der Waals surface area contributed by atoms with Crippen molar-refractivity contribution in [2.45, 2.75) is 6.18 Å². The summed E-state index contributed by atoms with van der Waals surface area (Å²) >= 11 is 0. The van der Waals surface area contributed by atoms with Crippen LogP contribution >= 0.6 is 0 Å². The van der Waals surface area contributed by atoms with Crippen molar-refractivity contribution in [1.82, 2.24) is 0 Å². The van der Waals surface area contributed by atoms with Crippen molar-refractivity contribution < 1.29 is 26.7 Å². The van der Waals surface area contributed by atoms with E-state index in [1.165, 1.54) is 6.07 Å². The smallest absolute Gasteiger partial charge is 0.416 e. The average Bonchev–Trinajstić information content (AvgIpc) is 2.41. The first kappa shape index (κ1) is 14.8. The number of hydrogen-bond donors (Lipinski definition) is 0. The fourth-order valence-corrected chi connectivity index (χ4v) is 1.56. The lowest BCUT2D eigenvalue weighted by Gasteiger charge is -2.11. The molecule has 0 aliphatic heterocycles. The first-order chi connectivity index (χ1) is 9.81. The molecule has 0 N–H and O–H groups in total. The number of alkyl halides is 3. The van der Waals surface area contributed by atoms with E-state index >= 15 is 0 Å². The standard InChI is InChI=1S/C14H6F5NO/c15-10-2-4-13(11(16)6-10)21-12-3-1-9(14(17,18)19)5-8(12)7-20/h1-6H. The number of nitrogens with zero attached hydrogens (tertiary/aromatic N) is 1. The number of rotatable bonds is 2. The second-order valence-corrected chi connectivity index (χ2v) is 4.00. The van der Waals surface area contributed by atoms with Gasteiger partial charge in [-0.05, 0) is 30.3 Å². The van der Waals surface area contributed by atoms with E-state index in [2.05, 4.69) is 0 Å². The summed E-state index contributed by atoms with van der Waals surface area (Å²) < 4.78 is 68.7. The topological polar surface area (TPSA) is 33.0 Å². The first-order valence-electron chi connectivity index (χ1n) is 5.55. The van der Waals surface area contributed by atoms with E-state index in [9.17, 15) is 22.0 Å². The number of halogens is 5. The van der Waals surface area contributed by atoms with Gasteiger partial charge in [0.1, 0.15) is 17.6 Å². The van der Waals surface area contributed by atoms with Gasteiger partial charge < -0.3 is 4.74 Å². The molecular formula is C14H6F5NO. The van der Waals surface area contributed by atoms with Crippen LogP contribution in [0.3, 0.4) is 0 Å². The van der Waals surface area contributed by atoms with Gasteiger partial charge in [0.2, 0.25) is 0 Å². The predicted molar refractivity (Wildman–Crippen MR) is 62.6 cm³/mol. The zero-order chi connectivity index (χ0) is 15.6. The van der Waals surface area contributed by atoms with E-state index in [-0.39, 0.29) is 5.75 Å². The third kappa shape index (κ3) is 3.28. The fraction of sp³-hybridized carbons (Fsp3) is 0.0714. The highest BCUT2D eigenvalue weighted by Crippen LogP contribution is 2.34. The van der Waals surface area contributed by atoms with E-state index in [1.54, 1.807) is 0 Å². The van der Waals surface area contributed by atoms with Gasteiger partial charge in [0.25, 0.3) is 0 Å². The van der Waals surface area contributed by atoms with Gasteiger partial charge in [-0.25, -0.2) is 8.78 Å². The molecule has 0 radical (unpaired) electrons. The molecule has 2 aromatic rings. The molecule has 2 nitrogen and oxygen atoms in total. The minimum Gasteiger partial charge on any atom is -0.453 e. The van der Waals surface area contributed by atoms with Crippen LogP contribution in [0.15, 0.2) is 36.4 Å². The Labute approximate surface area is 116 Å². The van der Waals surface area contributed by atoms with Crippen LogP contribution in [-0.2, 0) is 6.18 Å². The number of ether oxygens (including phenoxy) is 1. The number of hydrogen-bond acceptors (Lipinski definition) is 2. The Morgan fingerprint density at radius 1 is 0.952 bits per heavy atom. The Hall–Kier alpha value is -2.62. The van der Waals surface area contributed by atoms with Gasteiger partial charge in [0, 0.05) is 6.07 Å². The summed E-state index contributed by atoms with van der Waals surface area (Å²) in [4.78, 5) is 0. The van der Waals surface area contributed by atoms with Crippen molar-refractivity contribution in [1.29, 1.82) is 5.26 Å². The minimum atomic E-state index is -4.61. The van der Waals surface area contributed by atoms with E-state index in [1.807, 2.05) is 0 Å².